The number of anilines is 1. The summed E-state index contributed by atoms with van der Waals surface area (Å²) in [5.41, 5.74) is 3.07. The third-order valence-corrected chi connectivity index (χ3v) is 5.27. The summed E-state index contributed by atoms with van der Waals surface area (Å²) in [4.78, 5) is 20.7. The maximum atomic E-state index is 12.0. The van der Waals surface area contributed by atoms with Crippen molar-refractivity contribution in [2.24, 2.45) is 7.05 Å². The average Bonchev–Trinajstić information content (AvgIpc) is 2.57. The minimum atomic E-state index is -2.95. The van der Waals surface area contributed by atoms with Gasteiger partial charge in [0, 0.05) is 30.6 Å². The normalized spacial score (nSPS) is 12.2. The Bertz CT molecular complexity index is 779. The van der Waals surface area contributed by atoms with E-state index in [2.05, 4.69) is 21.6 Å². The van der Waals surface area contributed by atoms with Crippen LogP contribution in [0.4, 0.5) is 5.95 Å². The molecule has 0 unspecified atom stereocenters. The van der Waals surface area contributed by atoms with Gasteiger partial charge in [-0.3, -0.25) is 18.6 Å². The van der Waals surface area contributed by atoms with E-state index in [-0.39, 0.29) is 17.3 Å². The van der Waals surface area contributed by atoms with Crippen molar-refractivity contribution in [3.05, 3.63) is 39.9 Å². The molecule has 0 aromatic carbocycles. The molecule has 0 saturated heterocycles. The van der Waals surface area contributed by atoms with Crippen LogP contribution in [-0.2, 0) is 13.5 Å². The van der Waals surface area contributed by atoms with Gasteiger partial charge in [-0.15, -0.1) is 10.8 Å². The zero-order valence-electron chi connectivity index (χ0n) is 15.1. The molecule has 0 bridgehead atoms. The van der Waals surface area contributed by atoms with Gasteiger partial charge in [0.15, 0.2) is 0 Å². The highest BCUT2D eigenvalue weighted by molar-refractivity contribution is 8.25. The van der Waals surface area contributed by atoms with Crippen LogP contribution >= 0.6 is 10.8 Å². The van der Waals surface area contributed by atoms with Crippen LogP contribution < -0.4 is 10.3 Å². The van der Waals surface area contributed by atoms with Gasteiger partial charge in [-0.05, 0) is 38.3 Å². The maximum Gasteiger partial charge on any atom is 0.253 e. The highest BCUT2D eigenvalue weighted by atomic mass is 32.3. The Kier molecular flexibility index (Phi) is 6.21. The van der Waals surface area contributed by atoms with Crippen molar-refractivity contribution >= 4 is 16.7 Å². The molecule has 0 saturated carbocycles. The fraction of sp³-hybridized carbons (Fsp3) is 0.471. The van der Waals surface area contributed by atoms with Crippen LogP contribution in [0.5, 0.6) is 0 Å². The molecule has 0 spiro atoms. The minimum absolute atomic E-state index is 0.0496. The number of nitrogens with zero attached hydrogens (tertiary/aromatic N) is 3. The second-order valence-corrected chi connectivity index (χ2v) is 8.17. The molecule has 0 amide bonds. The van der Waals surface area contributed by atoms with Crippen LogP contribution in [0.1, 0.15) is 37.8 Å². The molecule has 2 heterocycles. The zero-order valence-corrected chi connectivity index (χ0v) is 15.9. The minimum Gasteiger partial charge on any atom is -0.318 e. The number of hydrogen-bond acceptors (Lipinski definition) is 6. The third kappa shape index (κ3) is 4.81. The first kappa shape index (κ1) is 19.4. The Balaban J connectivity index is 2.53. The number of rotatable bonds is 7. The predicted molar refractivity (Wildman–Crippen MR) is 103 cm³/mol. The molecule has 25 heavy (non-hydrogen) atoms. The maximum absolute atomic E-state index is 12.0. The third-order valence-electron chi connectivity index (χ3n) is 3.96. The van der Waals surface area contributed by atoms with Crippen LogP contribution in [0, 0.1) is 6.92 Å². The van der Waals surface area contributed by atoms with Gasteiger partial charge in [0.25, 0.3) is 5.56 Å². The standard InChI is InChI=1S/C17H26N4O3S/c1-5-7-8-13-10-18-17(20-25(23,24)6-2)19-15(13)14-9-12(3)16(22)21(4)11-14/h9-11,23-24H,5-8H2,1-4H3,(H,18,19,20). The van der Waals surface area contributed by atoms with Crippen LogP contribution in [-0.4, -0.2) is 29.4 Å². The van der Waals surface area contributed by atoms with E-state index in [0.29, 0.717) is 11.3 Å². The summed E-state index contributed by atoms with van der Waals surface area (Å²) in [5, 5.41) is 0. The largest absolute Gasteiger partial charge is 0.318 e. The quantitative estimate of drug-likeness (QED) is 0.692. The molecule has 2 aromatic heterocycles. The SMILES string of the molecule is CCCCc1cnc(NS(O)(O)CC)nc1-c1cc(C)c(=O)n(C)c1. The molecule has 0 atom stereocenters. The number of aromatic nitrogens is 3. The van der Waals surface area contributed by atoms with Crippen molar-refractivity contribution < 1.29 is 9.11 Å². The molecule has 2 rings (SSSR count). The molecule has 0 radical (unpaired) electrons. The van der Waals surface area contributed by atoms with Gasteiger partial charge in [0.05, 0.1) is 11.4 Å². The summed E-state index contributed by atoms with van der Waals surface area (Å²) >= 11 is 0. The summed E-state index contributed by atoms with van der Waals surface area (Å²) in [6, 6.07) is 1.81. The summed E-state index contributed by atoms with van der Waals surface area (Å²) in [5.74, 6) is 0.339. The number of hydrogen-bond donors (Lipinski definition) is 3. The van der Waals surface area contributed by atoms with Crippen LogP contribution in [0.2, 0.25) is 0 Å². The lowest BCUT2D eigenvalue weighted by Gasteiger charge is -2.31. The molecule has 138 valence electrons. The molecule has 8 heteroatoms. The lowest BCUT2D eigenvalue weighted by molar-refractivity contribution is 0.495. The van der Waals surface area contributed by atoms with Crippen molar-refractivity contribution in [2.75, 3.05) is 10.5 Å². The fourth-order valence-corrected chi connectivity index (χ4v) is 3.02. The van der Waals surface area contributed by atoms with Crippen molar-refractivity contribution in [2.45, 2.75) is 40.0 Å². The van der Waals surface area contributed by atoms with E-state index in [9.17, 15) is 13.9 Å². The molecular formula is C17H26N4O3S. The molecule has 2 aromatic rings. The number of aryl methyl sites for hydroxylation is 3. The van der Waals surface area contributed by atoms with E-state index in [1.807, 2.05) is 6.07 Å². The molecule has 0 aliphatic rings. The highest BCUT2D eigenvalue weighted by Gasteiger charge is 2.15. The molecule has 0 aliphatic heterocycles. The monoisotopic (exact) mass is 366 g/mol. The lowest BCUT2D eigenvalue weighted by atomic mass is 10.0. The van der Waals surface area contributed by atoms with Crippen LogP contribution in [0.3, 0.4) is 0 Å². The number of nitrogens with one attached hydrogen (secondary N) is 1. The number of pyridine rings is 1. The second kappa shape index (κ2) is 7.99. The molecule has 0 aliphatic carbocycles. The van der Waals surface area contributed by atoms with Gasteiger partial charge in [-0.2, -0.15) is 0 Å². The van der Waals surface area contributed by atoms with Crippen molar-refractivity contribution in [3.8, 4) is 11.3 Å². The van der Waals surface area contributed by atoms with E-state index < -0.39 is 10.8 Å². The first-order valence-electron chi connectivity index (χ1n) is 8.34. The zero-order chi connectivity index (χ0) is 18.6. The van der Waals surface area contributed by atoms with E-state index in [1.54, 1.807) is 33.3 Å². The van der Waals surface area contributed by atoms with Crippen molar-refractivity contribution in [1.82, 2.24) is 14.5 Å². The van der Waals surface area contributed by atoms with Gasteiger partial charge in [0.2, 0.25) is 5.95 Å². The molecule has 3 N–H and O–H groups in total. The van der Waals surface area contributed by atoms with Crippen LogP contribution in [0.25, 0.3) is 11.3 Å². The fourth-order valence-electron chi connectivity index (χ4n) is 2.48. The lowest BCUT2D eigenvalue weighted by Crippen LogP contribution is -2.19. The van der Waals surface area contributed by atoms with Gasteiger partial charge in [-0.25, -0.2) is 9.97 Å². The van der Waals surface area contributed by atoms with E-state index in [4.69, 9.17) is 0 Å². The Morgan fingerprint density at radius 1 is 1.32 bits per heavy atom. The molecule has 7 nitrogen and oxygen atoms in total. The first-order chi connectivity index (χ1) is 11.8. The Morgan fingerprint density at radius 2 is 2.04 bits per heavy atom. The summed E-state index contributed by atoms with van der Waals surface area (Å²) in [6.45, 7) is 5.56. The predicted octanol–water partition coefficient (Wildman–Crippen LogP) is 3.59. The summed E-state index contributed by atoms with van der Waals surface area (Å²) < 4.78 is 23.9. The summed E-state index contributed by atoms with van der Waals surface area (Å²) in [6.07, 6.45) is 6.32. The Hall–Kier alpha value is -1.90. The Labute approximate surface area is 149 Å². The van der Waals surface area contributed by atoms with Gasteiger partial charge in [0.1, 0.15) is 0 Å². The molecule has 0 fully saturated rings. The Morgan fingerprint density at radius 3 is 2.64 bits per heavy atom. The summed E-state index contributed by atoms with van der Waals surface area (Å²) in [7, 11) is -1.25. The van der Waals surface area contributed by atoms with Gasteiger partial charge in [-0.1, -0.05) is 13.3 Å². The highest BCUT2D eigenvalue weighted by Crippen LogP contribution is 2.37. The van der Waals surface area contributed by atoms with Gasteiger partial charge < -0.3 is 4.57 Å². The average molecular weight is 366 g/mol. The van der Waals surface area contributed by atoms with E-state index >= 15 is 0 Å². The van der Waals surface area contributed by atoms with Crippen molar-refractivity contribution in [3.63, 3.8) is 0 Å². The molecular weight excluding hydrogens is 340 g/mol. The number of unbranched alkanes of at least 4 members (excludes halogenated alkanes) is 1. The van der Waals surface area contributed by atoms with Crippen molar-refractivity contribution in [1.29, 1.82) is 0 Å². The van der Waals surface area contributed by atoms with E-state index in [0.717, 1.165) is 30.4 Å². The van der Waals surface area contributed by atoms with Gasteiger partial charge >= 0.3 is 0 Å². The van der Waals surface area contributed by atoms with E-state index in [1.165, 1.54) is 4.57 Å². The van der Waals surface area contributed by atoms with Crippen LogP contribution in [0.15, 0.2) is 23.3 Å². The second-order valence-electron chi connectivity index (χ2n) is 6.06. The smallest absolute Gasteiger partial charge is 0.253 e. The first-order valence-corrected chi connectivity index (χ1v) is 10.1. The topological polar surface area (TPSA) is 100 Å².